The molecule has 3 unspecified atom stereocenters. The van der Waals surface area contributed by atoms with E-state index in [0.29, 0.717) is 6.04 Å². The van der Waals surface area contributed by atoms with Crippen LogP contribution in [0.15, 0.2) is 0 Å². The second-order valence-electron chi connectivity index (χ2n) is 4.28. The molecule has 0 saturated carbocycles. The number of carbonyl (C=O) groups is 1. The summed E-state index contributed by atoms with van der Waals surface area (Å²) in [7, 11) is 1.60. The molecule has 0 aromatic heterocycles. The van der Waals surface area contributed by atoms with Crippen LogP contribution in [0.1, 0.15) is 27.2 Å². The minimum Gasteiger partial charge on any atom is -0.372 e. The third-order valence-electron chi connectivity index (χ3n) is 2.98. The molecule has 1 saturated heterocycles. The van der Waals surface area contributed by atoms with E-state index in [1.807, 2.05) is 11.8 Å². The topological polar surface area (TPSA) is 41.6 Å². The summed E-state index contributed by atoms with van der Waals surface area (Å²) in [5.41, 5.74) is 0. The van der Waals surface area contributed by atoms with E-state index in [1.54, 1.807) is 7.11 Å². The van der Waals surface area contributed by atoms with Gasteiger partial charge < -0.3 is 15.0 Å². The molecule has 0 aliphatic carbocycles. The zero-order chi connectivity index (χ0) is 11.4. The number of ether oxygens (including phenoxy) is 1. The number of hydrogen-bond donors (Lipinski definition) is 1. The lowest BCUT2D eigenvalue weighted by Gasteiger charge is -2.39. The Morgan fingerprint density at radius 1 is 1.56 bits per heavy atom. The average molecular weight is 251 g/mol. The summed E-state index contributed by atoms with van der Waals surface area (Å²) >= 11 is 0. The smallest absolute Gasteiger partial charge is 0.252 e. The largest absolute Gasteiger partial charge is 0.372 e. The third-order valence-corrected chi connectivity index (χ3v) is 2.98. The molecule has 96 valence electrons. The van der Waals surface area contributed by atoms with Crippen LogP contribution in [0.3, 0.4) is 0 Å². The standard InChI is InChI=1S/C11H22N2O2.ClH/c1-5-10(15-4)11(14)13-7-8(2)12-6-9(13)3;/h8-10,12H,5-7H2,1-4H3;1H. The Hall–Kier alpha value is -0.320. The first-order chi connectivity index (χ1) is 7.10. The molecule has 0 aromatic rings. The van der Waals surface area contributed by atoms with Crippen LogP contribution in [0.5, 0.6) is 0 Å². The van der Waals surface area contributed by atoms with Crippen LogP contribution in [-0.4, -0.2) is 49.2 Å². The van der Waals surface area contributed by atoms with Crippen LogP contribution in [0.25, 0.3) is 0 Å². The molecule has 1 rings (SSSR count). The fraction of sp³-hybridized carbons (Fsp3) is 0.909. The lowest BCUT2D eigenvalue weighted by atomic mass is 10.1. The van der Waals surface area contributed by atoms with Crippen LogP contribution in [0.4, 0.5) is 0 Å². The zero-order valence-corrected chi connectivity index (χ0v) is 11.3. The Morgan fingerprint density at radius 3 is 2.69 bits per heavy atom. The Morgan fingerprint density at radius 2 is 2.19 bits per heavy atom. The second-order valence-corrected chi connectivity index (χ2v) is 4.28. The van der Waals surface area contributed by atoms with Crippen LogP contribution in [0.2, 0.25) is 0 Å². The number of amides is 1. The Labute approximate surface area is 104 Å². The maximum atomic E-state index is 12.1. The van der Waals surface area contributed by atoms with E-state index in [-0.39, 0.29) is 30.5 Å². The summed E-state index contributed by atoms with van der Waals surface area (Å²) in [4.78, 5) is 14.0. The number of rotatable bonds is 3. The Kier molecular flexibility index (Phi) is 6.95. The molecular formula is C11H23ClN2O2. The summed E-state index contributed by atoms with van der Waals surface area (Å²) in [5, 5.41) is 3.36. The van der Waals surface area contributed by atoms with Crippen molar-refractivity contribution in [1.29, 1.82) is 0 Å². The van der Waals surface area contributed by atoms with E-state index in [2.05, 4.69) is 19.2 Å². The van der Waals surface area contributed by atoms with Crippen molar-refractivity contribution in [2.75, 3.05) is 20.2 Å². The van der Waals surface area contributed by atoms with E-state index >= 15 is 0 Å². The molecule has 16 heavy (non-hydrogen) atoms. The lowest BCUT2D eigenvalue weighted by molar-refractivity contribution is -0.145. The average Bonchev–Trinajstić information content (AvgIpc) is 2.23. The minimum absolute atomic E-state index is 0. The van der Waals surface area contributed by atoms with Gasteiger partial charge in [0.05, 0.1) is 0 Å². The molecule has 1 N–H and O–H groups in total. The van der Waals surface area contributed by atoms with Crippen molar-refractivity contribution in [3.63, 3.8) is 0 Å². The van der Waals surface area contributed by atoms with Gasteiger partial charge in [0.1, 0.15) is 6.10 Å². The van der Waals surface area contributed by atoms with Crippen molar-refractivity contribution in [2.24, 2.45) is 0 Å². The number of nitrogens with zero attached hydrogens (tertiary/aromatic N) is 1. The molecule has 0 bridgehead atoms. The first-order valence-corrected chi connectivity index (χ1v) is 5.66. The molecule has 1 fully saturated rings. The quantitative estimate of drug-likeness (QED) is 0.814. The molecule has 4 nitrogen and oxygen atoms in total. The first kappa shape index (κ1) is 15.7. The summed E-state index contributed by atoms with van der Waals surface area (Å²) in [6.45, 7) is 7.79. The third kappa shape index (κ3) is 3.61. The van der Waals surface area contributed by atoms with Crippen molar-refractivity contribution < 1.29 is 9.53 Å². The molecule has 1 amide bonds. The zero-order valence-electron chi connectivity index (χ0n) is 10.5. The summed E-state index contributed by atoms with van der Waals surface area (Å²) in [6, 6.07) is 0.636. The number of methoxy groups -OCH3 is 1. The first-order valence-electron chi connectivity index (χ1n) is 5.66. The van der Waals surface area contributed by atoms with Gasteiger partial charge in [-0.2, -0.15) is 0 Å². The Bertz CT molecular complexity index is 222. The van der Waals surface area contributed by atoms with Gasteiger partial charge in [-0.3, -0.25) is 4.79 Å². The lowest BCUT2D eigenvalue weighted by Crippen LogP contribution is -2.58. The monoisotopic (exact) mass is 250 g/mol. The predicted molar refractivity (Wildman–Crippen MR) is 67.0 cm³/mol. The van der Waals surface area contributed by atoms with Crippen molar-refractivity contribution in [3.05, 3.63) is 0 Å². The maximum Gasteiger partial charge on any atom is 0.252 e. The summed E-state index contributed by atoms with van der Waals surface area (Å²) in [6.07, 6.45) is 0.457. The number of nitrogens with one attached hydrogen (secondary N) is 1. The van der Waals surface area contributed by atoms with E-state index in [9.17, 15) is 4.79 Å². The molecule has 0 spiro atoms. The van der Waals surface area contributed by atoms with Crippen molar-refractivity contribution >= 4 is 18.3 Å². The highest BCUT2D eigenvalue weighted by molar-refractivity contribution is 5.85. The maximum absolute atomic E-state index is 12.1. The van der Waals surface area contributed by atoms with Crippen LogP contribution >= 0.6 is 12.4 Å². The fourth-order valence-electron chi connectivity index (χ4n) is 1.96. The fourth-order valence-corrected chi connectivity index (χ4v) is 1.96. The van der Waals surface area contributed by atoms with Crippen molar-refractivity contribution in [2.45, 2.75) is 45.4 Å². The summed E-state index contributed by atoms with van der Waals surface area (Å²) in [5.74, 6) is 0.126. The number of halogens is 1. The molecule has 0 radical (unpaired) electrons. The Balaban J connectivity index is 0.00000225. The molecule has 3 atom stereocenters. The van der Waals surface area contributed by atoms with Gasteiger partial charge in [0.2, 0.25) is 0 Å². The van der Waals surface area contributed by atoms with Gasteiger partial charge in [0.25, 0.3) is 5.91 Å². The predicted octanol–water partition coefficient (Wildman–Crippen LogP) is 1.04. The summed E-state index contributed by atoms with van der Waals surface area (Å²) < 4.78 is 5.19. The van der Waals surface area contributed by atoms with E-state index in [4.69, 9.17) is 4.74 Å². The van der Waals surface area contributed by atoms with Gasteiger partial charge >= 0.3 is 0 Å². The van der Waals surface area contributed by atoms with Crippen molar-refractivity contribution in [1.82, 2.24) is 10.2 Å². The minimum atomic E-state index is -0.280. The molecule has 1 aliphatic heterocycles. The van der Waals surface area contributed by atoms with Crippen LogP contribution in [-0.2, 0) is 9.53 Å². The van der Waals surface area contributed by atoms with Gasteiger partial charge in [-0.15, -0.1) is 12.4 Å². The molecule has 5 heteroatoms. The highest BCUT2D eigenvalue weighted by atomic mass is 35.5. The molecule has 1 aliphatic rings. The van der Waals surface area contributed by atoms with Crippen LogP contribution in [0, 0.1) is 0 Å². The number of carbonyl (C=O) groups excluding carboxylic acids is 1. The SMILES string of the molecule is CCC(OC)C(=O)N1CC(C)NCC1C.Cl. The van der Waals surface area contributed by atoms with Gasteiger partial charge in [-0.1, -0.05) is 6.92 Å². The highest BCUT2D eigenvalue weighted by Crippen LogP contribution is 2.11. The number of hydrogen-bond acceptors (Lipinski definition) is 3. The van der Waals surface area contributed by atoms with Gasteiger partial charge in [0.15, 0.2) is 0 Å². The molecule has 0 aromatic carbocycles. The van der Waals surface area contributed by atoms with E-state index in [0.717, 1.165) is 19.5 Å². The second kappa shape index (κ2) is 7.09. The van der Waals surface area contributed by atoms with Crippen LogP contribution < -0.4 is 5.32 Å². The van der Waals surface area contributed by atoms with Gasteiger partial charge in [-0.05, 0) is 20.3 Å². The van der Waals surface area contributed by atoms with E-state index < -0.39 is 0 Å². The number of piperazine rings is 1. The molecular weight excluding hydrogens is 228 g/mol. The highest BCUT2D eigenvalue weighted by Gasteiger charge is 2.30. The molecule has 1 heterocycles. The van der Waals surface area contributed by atoms with Gasteiger partial charge in [-0.25, -0.2) is 0 Å². The van der Waals surface area contributed by atoms with E-state index in [1.165, 1.54) is 0 Å². The normalized spacial score (nSPS) is 27.1. The van der Waals surface area contributed by atoms with Crippen molar-refractivity contribution in [3.8, 4) is 0 Å². The van der Waals surface area contributed by atoms with Gasteiger partial charge in [0, 0.05) is 32.3 Å².